The lowest BCUT2D eigenvalue weighted by Gasteiger charge is -2.16. The van der Waals surface area contributed by atoms with Gasteiger partial charge in [-0.25, -0.2) is 5.10 Å². The van der Waals surface area contributed by atoms with Crippen molar-refractivity contribution < 1.29 is 9.47 Å². The molecule has 0 unspecified atom stereocenters. The Hall–Kier alpha value is -1.47. The van der Waals surface area contributed by atoms with Crippen LogP contribution in [0.15, 0.2) is 15.9 Å². The molecule has 1 rings (SSSR count). The number of hydrogen-bond acceptors (Lipinski definition) is 5. The van der Waals surface area contributed by atoms with Crippen molar-refractivity contribution >= 4 is 0 Å². The molecule has 17 heavy (non-hydrogen) atoms. The molecule has 0 saturated carbocycles. The minimum Gasteiger partial charge on any atom is -0.353 e. The molecule has 0 fully saturated rings. The Morgan fingerprint density at radius 2 is 2.00 bits per heavy atom. The molecular formula is C10H17N3O4. The lowest BCUT2D eigenvalue weighted by molar-refractivity contribution is -0.141. The van der Waals surface area contributed by atoms with Crippen LogP contribution >= 0.6 is 0 Å². The van der Waals surface area contributed by atoms with Crippen molar-refractivity contribution in [1.29, 1.82) is 0 Å². The van der Waals surface area contributed by atoms with Crippen molar-refractivity contribution in [2.45, 2.75) is 33.1 Å². The first kappa shape index (κ1) is 13.6. The van der Waals surface area contributed by atoms with E-state index in [0.29, 0.717) is 26.2 Å². The van der Waals surface area contributed by atoms with Crippen LogP contribution in [0, 0.1) is 0 Å². The number of rotatable bonds is 7. The smallest absolute Gasteiger partial charge is 0.330 e. The third kappa shape index (κ3) is 4.12. The molecule has 96 valence electrons. The zero-order valence-corrected chi connectivity index (χ0v) is 10.0. The fourth-order valence-electron chi connectivity index (χ4n) is 1.38. The molecule has 7 nitrogen and oxygen atoms in total. The number of nitrogens with one attached hydrogen (secondary N) is 1. The molecule has 1 aromatic rings. The van der Waals surface area contributed by atoms with Gasteiger partial charge < -0.3 is 9.47 Å². The van der Waals surface area contributed by atoms with Crippen LogP contribution in [-0.2, 0) is 16.0 Å². The van der Waals surface area contributed by atoms with Gasteiger partial charge in [-0.3, -0.25) is 14.2 Å². The van der Waals surface area contributed by atoms with Crippen molar-refractivity contribution in [3.63, 3.8) is 0 Å². The lowest BCUT2D eigenvalue weighted by atomic mass is 10.4. The van der Waals surface area contributed by atoms with E-state index < -0.39 is 11.1 Å². The third-order valence-corrected chi connectivity index (χ3v) is 2.13. The highest BCUT2D eigenvalue weighted by Crippen LogP contribution is 2.01. The summed E-state index contributed by atoms with van der Waals surface area (Å²) in [5.74, 6) is 0. The largest absolute Gasteiger partial charge is 0.353 e. The quantitative estimate of drug-likeness (QED) is 0.526. The lowest BCUT2D eigenvalue weighted by Crippen LogP contribution is -2.37. The number of nitrogens with zero attached hydrogens (tertiary/aromatic N) is 2. The van der Waals surface area contributed by atoms with E-state index in [0.717, 1.165) is 0 Å². The third-order valence-electron chi connectivity index (χ3n) is 2.13. The monoisotopic (exact) mass is 243 g/mol. The molecule has 0 saturated heterocycles. The minimum absolute atomic E-state index is 0.334. The van der Waals surface area contributed by atoms with Crippen molar-refractivity contribution in [3.8, 4) is 0 Å². The molecule has 0 amide bonds. The van der Waals surface area contributed by atoms with E-state index in [9.17, 15) is 9.59 Å². The van der Waals surface area contributed by atoms with E-state index in [1.165, 1.54) is 10.9 Å². The molecule has 1 N–H and O–H groups in total. The summed E-state index contributed by atoms with van der Waals surface area (Å²) in [5.41, 5.74) is -1.34. The summed E-state index contributed by atoms with van der Waals surface area (Å²) in [7, 11) is 0. The van der Waals surface area contributed by atoms with Gasteiger partial charge in [-0.1, -0.05) is 0 Å². The Labute approximate surface area is 98.4 Å². The van der Waals surface area contributed by atoms with Gasteiger partial charge in [0.15, 0.2) is 6.29 Å². The fourth-order valence-corrected chi connectivity index (χ4v) is 1.38. The summed E-state index contributed by atoms with van der Waals surface area (Å²) in [6.45, 7) is 5.14. The van der Waals surface area contributed by atoms with Crippen molar-refractivity contribution in [3.05, 3.63) is 27.0 Å². The maximum atomic E-state index is 11.4. The van der Waals surface area contributed by atoms with Gasteiger partial charge in [-0.2, -0.15) is 5.10 Å². The number of aromatic nitrogens is 3. The van der Waals surface area contributed by atoms with Crippen LogP contribution in [0.4, 0.5) is 0 Å². The van der Waals surface area contributed by atoms with Crippen LogP contribution in [-0.4, -0.2) is 34.3 Å². The number of hydrogen-bond donors (Lipinski definition) is 1. The van der Waals surface area contributed by atoms with Crippen LogP contribution in [0.5, 0.6) is 0 Å². The van der Waals surface area contributed by atoms with E-state index in [-0.39, 0.29) is 6.29 Å². The second kappa shape index (κ2) is 6.97. The van der Waals surface area contributed by atoms with Gasteiger partial charge >= 0.3 is 11.1 Å². The topological polar surface area (TPSA) is 86.2 Å². The molecule has 0 radical (unpaired) electrons. The second-order valence-electron chi connectivity index (χ2n) is 3.31. The maximum Gasteiger partial charge on any atom is 0.330 e. The van der Waals surface area contributed by atoms with Crippen LogP contribution in [0.3, 0.4) is 0 Å². The highest BCUT2D eigenvalue weighted by molar-refractivity contribution is 4.74. The van der Waals surface area contributed by atoms with E-state index in [4.69, 9.17) is 9.47 Å². The van der Waals surface area contributed by atoms with Gasteiger partial charge in [0.05, 0.1) is 0 Å². The predicted octanol–water partition coefficient (Wildman–Crippen LogP) is -0.279. The Morgan fingerprint density at radius 3 is 2.59 bits per heavy atom. The molecule has 0 bridgehead atoms. The first-order chi connectivity index (χ1) is 8.19. The van der Waals surface area contributed by atoms with E-state index in [1.54, 1.807) is 0 Å². The average molecular weight is 243 g/mol. The van der Waals surface area contributed by atoms with E-state index in [2.05, 4.69) is 10.2 Å². The molecule has 0 aliphatic heterocycles. The van der Waals surface area contributed by atoms with Crippen molar-refractivity contribution in [2.75, 3.05) is 13.2 Å². The van der Waals surface area contributed by atoms with Crippen molar-refractivity contribution in [2.24, 2.45) is 0 Å². The Bertz CT molecular complexity index is 434. The average Bonchev–Trinajstić information content (AvgIpc) is 2.31. The first-order valence-corrected chi connectivity index (χ1v) is 5.56. The summed E-state index contributed by atoms with van der Waals surface area (Å²) in [4.78, 5) is 22.4. The molecule has 7 heteroatoms. The van der Waals surface area contributed by atoms with Gasteiger partial charge in [0, 0.05) is 26.2 Å². The van der Waals surface area contributed by atoms with Crippen LogP contribution < -0.4 is 11.1 Å². The minimum atomic E-state index is -0.725. The SMILES string of the molecule is CCOC(CCn1cn[nH]c(=O)c1=O)OCC. The molecule has 0 aliphatic carbocycles. The van der Waals surface area contributed by atoms with Crippen LogP contribution in [0.2, 0.25) is 0 Å². The summed E-state index contributed by atoms with van der Waals surface area (Å²) in [6.07, 6.45) is 1.42. The molecule has 0 aromatic carbocycles. The van der Waals surface area contributed by atoms with Gasteiger partial charge in [-0.05, 0) is 13.8 Å². The van der Waals surface area contributed by atoms with E-state index >= 15 is 0 Å². The highest BCUT2D eigenvalue weighted by atomic mass is 16.7. The standard InChI is InChI=1S/C10H17N3O4/c1-3-16-8(17-4-2)5-6-13-7-11-12-9(14)10(13)15/h7-8H,3-6H2,1-2H3,(H,12,14). The molecule has 0 aliphatic rings. The van der Waals surface area contributed by atoms with Crippen molar-refractivity contribution in [1.82, 2.24) is 14.8 Å². The normalized spacial score (nSPS) is 11.0. The summed E-state index contributed by atoms with van der Waals surface area (Å²) >= 11 is 0. The highest BCUT2D eigenvalue weighted by Gasteiger charge is 2.09. The second-order valence-corrected chi connectivity index (χ2v) is 3.31. The van der Waals surface area contributed by atoms with Gasteiger partial charge in [0.25, 0.3) is 0 Å². The molecule has 1 aromatic heterocycles. The summed E-state index contributed by atoms with van der Waals surface area (Å²) < 4.78 is 11.9. The molecule has 0 atom stereocenters. The number of aromatic amines is 1. The fraction of sp³-hybridized carbons (Fsp3) is 0.700. The van der Waals surface area contributed by atoms with E-state index in [1.807, 2.05) is 13.8 Å². The first-order valence-electron chi connectivity index (χ1n) is 5.56. The summed E-state index contributed by atoms with van der Waals surface area (Å²) in [6, 6.07) is 0. The van der Waals surface area contributed by atoms with Gasteiger partial charge in [0.2, 0.25) is 0 Å². The Kier molecular flexibility index (Phi) is 5.58. The summed E-state index contributed by atoms with van der Waals surface area (Å²) in [5, 5.41) is 5.64. The van der Waals surface area contributed by atoms with Gasteiger partial charge in [0.1, 0.15) is 6.33 Å². The zero-order valence-electron chi connectivity index (χ0n) is 10.0. The van der Waals surface area contributed by atoms with Gasteiger partial charge in [-0.15, -0.1) is 0 Å². The van der Waals surface area contributed by atoms with Crippen LogP contribution in [0.1, 0.15) is 20.3 Å². The molecule has 0 spiro atoms. The molecule has 1 heterocycles. The van der Waals surface area contributed by atoms with Crippen LogP contribution in [0.25, 0.3) is 0 Å². The number of H-pyrrole nitrogens is 1. The Balaban J connectivity index is 2.62. The number of aryl methyl sites for hydroxylation is 1. The number of ether oxygens (including phenoxy) is 2. The molecular weight excluding hydrogens is 226 g/mol. The maximum absolute atomic E-state index is 11.4. The zero-order chi connectivity index (χ0) is 12.7. The Morgan fingerprint density at radius 1 is 1.35 bits per heavy atom. The predicted molar refractivity (Wildman–Crippen MR) is 60.8 cm³/mol.